The van der Waals surface area contributed by atoms with E-state index in [0.29, 0.717) is 15.9 Å². The van der Waals surface area contributed by atoms with Crippen LogP contribution in [-0.2, 0) is 0 Å². The van der Waals surface area contributed by atoms with Crippen LogP contribution >= 0.6 is 15.9 Å². The first-order valence-corrected chi connectivity index (χ1v) is 4.25. The molecule has 2 rings (SSSR count). The molecule has 1 N–H and O–H groups in total. The Bertz CT molecular complexity index is 414. The van der Waals surface area contributed by atoms with Crippen LogP contribution in [-0.4, -0.2) is 20.6 Å². The molecule has 0 bridgehead atoms. The average Bonchev–Trinajstić information content (AvgIpc) is 2.62. The Balaban J connectivity index is 2.49. The minimum absolute atomic E-state index is 0.345. The zero-order valence-corrected chi connectivity index (χ0v) is 7.92. The standard InChI is InChI=1S/C7H4BrFN4/c8-5-2-1-4(3-6(5)9)7-10-12-13-11-7/h1-3H,(H,10,11,12,13). The van der Waals surface area contributed by atoms with E-state index in [1.165, 1.54) is 6.07 Å². The normalized spacial score (nSPS) is 10.3. The maximum atomic E-state index is 13.0. The van der Waals surface area contributed by atoms with Crippen LogP contribution in [0.15, 0.2) is 22.7 Å². The van der Waals surface area contributed by atoms with Crippen LogP contribution < -0.4 is 0 Å². The molecule has 0 spiro atoms. The maximum absolute atomic E-state index is 13.0. The number of hydrogen-bond donors (Lipinski definition) is 1. The second-order valence-corrected chi connectivity index (χ2v) is 3.22. The van der Waals surface area contributed by atoms with Crippen LogP contribution in [0.4, 0.5) is 4.39 Å². The van der Waals surface area contributed by atoms with Crippen molar-refractivity contribution < 1.29 is 4.39 Å². The lowest BCUT2D eigenvalue weighted by atomic mass is 10.2. The summed E-state index contributed by atoms with van der Waals surface area (Å²) in [4.78, 5) is 0. The Labute approximate surface area is 81.3 Å². The second-order valence-electron chi connectivity index (χ2n) is 2.36. The zero-order chi connectivity index (χ0) is 9.26. The molecule has 0 aliphatic carbocycles. The van der Waals surface area contributed by atoms with Crippen molar-refractivity contribution in [3.8, 4) is 11.4 Å². The first-order chi connectivity index (χ1) is 6.27. The predicted molar refractivity (Wildman–Crippen MR) is 47.3 cm³/mol. The Kier molecular flexibility index (Phi) is 2.05. The summed E-state index contributed by atoms with van der Waals surface area (Å²) in [5.74, 6) is 0.0358. The van der Waals surface area contributed by atoms with Crippen molar-refractivity contribution in [1.29, 1.82) is 0 Å². The van der Waals surface area contributed by atoms with Crippen molar-refractivity contribution in [2.75, 3.05) is 0 Å². The number of aromatic amines is 1. The van der Waals surface area contributed by atoms with Gasteiger partial charge in [0.05, 0.1) is 4.47 Å². The number of H-pyrrole nitrogens is 1. The van der Waals surface area contributed by atoms with E-state index in [0.717, 1.165) is 0 Å². The molecule has 4 nitrogen and oxygen atoms in total. The van der Waals surface area contributed by atoms with E-state index < -0.39 is 0 Å². The molecule has 0 atom stereocenters. The van der Waals surface area contributed by atoms with Crippen LogP contribution in [0.25, 0.3) is 11.4 Å². The van der Waals surface area contributed by atoms with Crippen molar-refractivity contribution in [1.82, 2.24) is 20.6 Å². The average molecular weight is 243 g/mol. The highest BCUT2D eigenvalue weighted by Gasteiger charge is 2.05. The van der Waals surface area contributed by atoms with E-state index in [9.17, 15) is 4.39 Å². The summed E-state index contributed by atoms with van der Waals surface area (Å²) >= 11 is 3.05. The molecule has 1 aromatic heterocycles. The predicted octanol–water partition coefficient (Wildman–Crippen LogP) is 1.77. The molecule has 0 aliphatic heterocycles. The number of aromatic nitrogens is 4. The largest absolute Gasteiger partial charge is 0.206 e. The SMILES string of the molecule is Fc1cc(-c2nn[nH]n2)ccc1Br. The summed E-state index contributed by atoms with van der Waals surface area (Å²) in [6.45, 7) is 0. The van der Waals surface area contributed by atoms with Crippen molar-refractivity contribution in [3.63, 3.8) is 0 Å². The van der Waals surface area contributed by atoms with Gasteiger partial charge in [0.15, 0.2) is 0 Å². The quantitative estimate of drug-likeness (QED) is 0.830. The number of nitrogens with one attached hydrogen (secondary N) is 1. The highest BCUT2D eigenvalue weighted by Crippen LogP contribution is 2.20. The van der Waals surface area contributed by atoms with E-state index in [1.807, 2.05) is 0 Å². The Morgan fingerprint density at radius 2 is 2.23 bits per heavy atom. The summed E-state index contributed by atoms with van der Waals surface area (Å²) in [7, 11) is 0. The minimum atomic E-state index is -0.345. The zero-order valence-electron chi connectivity index (χ0n) is 6.33. The van der Waals surface area contributed by atoms with Crippen LogP contribution in [0.5, 0.6) is 0 Å². The van der Waals surface area contributed by atoms with E-state index in [-0.39, 0.29) is 5.82 Å². The van der Waals surface area contributed by atoms with Gasteiger partial charge in [0, 0.05) is 5.56 Å². The van der Waals surface area contributed by atoms with Gasteiger partial charge >= 0.3 is 0 Å². The van der Waals surface area contributed by atoms with Crippen LogP contribution in [0.3, 0.4) is 0 Å². The summed E-state index contributed by atoms with van der Waals surface area (Å²) in [6, 6.07) is 4.65. The van der Waals surface area contributed by atoms with E-state index in [1.54, 1.807) is 12.1 Å². The molecule has 0 saturated carbocycles. The van der Waals surface area contributed by atoms with Gasteiger partial charge in [0.1, 0.15) is 5.82 Å². The molecule has 0 amide bonds. The lowest BCUT2D eigenvalue weighted by molar-refractivity contribution is 0.621. The van der Waals surface area contributed by atoms with E-state index in [4.69, 9.17) is 0 Å². The first kappa shape index (κ1) is 8.31. The first-order valence-electron chi connectivity index (χ1n) is 3.46. The molecule has 0 fully saturated rings. The van der Waals surface area contributed by atoms with Crippen molar-refractivity contribution in [2.24, 2.45) is 0 Å². The van der Waals surface area contributed by atoms with Gasteiger partial charge in [0.25, 0.3) is 0 Å². The minimum Gasteiger partial charge on any atom is -0.206 e. The fourth-order valence-electron chi connectivity index (χ4n) is 0.919. The smallest absolute Gasteiger partial charge is 0.204 e. The third-order valence-electron chi connectivity index (χ3n) is 1.52. The number of tetrazole rings is 1. The van der Waals surface area contributed by atoms with Crippen LogP contribution in [0.1, 0.15) is 0 Å². The van der Waals surface area contributed by atoms with Gasteiger partial charge in [-0.1, -0.05) is 0 Å². The lowest BCUT2D eigenvalue weighted by Gasteiger charge is -1.96. The monoisotopic (exact) mass is 242 g/mol. The fraction of sp³-hybridized carbons (Fsp3) is 0. The summed E-state index contributed by atoms with van der Waals surface area (Å²) in [5, 5.41) is 13.1. The number of hydrogen-bond acceptors (Lipinski definition) is 3. The molecule has 0 aliphatic rings. The molecular weight excluding hydrogens is 239 g/mol. The Morgan fingerprint density at radius 3 is 2.85 bits per heavy atom. The number of halogens is 2. The van der Waals surface area contributed by atoms with E-state index in [2.05, 4.69) is 36.6 Å². The summed E-state index contributed by atoms with van der Waals surface area (Å²) in [5.41, 5.74) is 0.592. The molecular formula is C7H4BrFN4. The molecule has 0 radical (unpaired) electrons. The van der Waals surface area contributed by atoms with Crippen molar-refractivity contribution in [3.05, 3.63) is 28.5 Å². The number of rotatable bonds is 1. The highest BCUT2D eigenvalue weighted by molar-refractivity contribution is 9.10. The Hall–Kier alpha value is -1.30. The van der Waals surface area contributed by atoms with Gasteiger partial charge in [-0.05, 0) is 39.3 Å². The van der Waals surface area contributed by atoms with Crippen LogP contribution in [0, 0.1) is 5.82 Å². The summed E-state index contributed by atoms with van der Waals surface area (Å²) < 4.78 is 13.5. The maximum Gasteiger partial charge on any atom is 0.204 e. The lowest BCUT2D eigenvalue weighted by Crippen LogP contribution is -1.83. The van der Waals surface area contributed by atoms with Gasteiger partial charge in [-0.15, -0.1) is 10.2 Å². The Morgan fingerprint density at radius 1 is 1.38 bits per heavy atom. The number of nitrogens with zero attached hydrogens (tertiary/aromatic N) is 3. The fourth-order valence-corrected chi connectivity index (χ4v) is 1.17. The molecule has 2 aromatic rings. The topological polar surface area (TPSA) is 54.5 Å². The van der Waals surface area contributed by atoms with Crippen molar-refractivity contribution >= 4 is 15.9 Å². The third kappa shape index (κ3) is 1.57. The third-order valence-corrected chi connectivity index (χ3v) is 2.17. The molecule has 0 saturated heterocycles. The molecule has 0 unspecified atom stereocenters. The van der Waals surface area contributed by atoms with Crippen LogP contribution in [0.2, 0.25) is 0 Å². The molecule has 66 valence electrons. The van der Waals surface area contributed by atoms with Crippen molar-refractivity contribution in [2.45, 2.75) is 0 Å². The van der Waals surface area contributed by atoms with E-state index >= 15 is 0 Å². The molecule has 1 aromatic carbocycles. The van der Waals surface area contributed by atoms with Gasteiger partial charge in [-0.25, -0.2) is 4.39 Å². The summed E-state index contributed by atoms with van der Waals surface area (Å²) in [6.07, 6.45) is 0. The van der Waals surface area contributed by atoms with Gasteiger partial charge < -0.3 is 0 Å². The van der Waals surface area contributed by atoms with Gasteiger partial charge in [-0.2, -0.15) is 5.21 Å². The second kappa shape index (κ2) is 3.21. The number of benzene rings is 1. The van der Waals surface area contributed by atoms with Gasteiger partial charge in [-0.3, -0.25) is 0 Å². The highest BCUT2D eigenvalue weighted by atomic mass is 79.9. The molecule has 13 heavy (non-hydrogen) atoms. The molecule has 6 heteroatoms. The van der Waals surface area contributed by atoms with Gasteiger partial charge in [0.2, 0.25) is 5.82 Å². The molecule has 1 heterocycles.